The lowest BCUT2D eigenvalue weighted by Gasteiger charge is -2.46. The van der Waals surface area contributed by atoms with Crippen molar-refractivity contribution in [3.8, 4) is 11.5 Å². The second-order valence-electron chi connectivity index (χ2n) is 4.87. The second-order valence-corrected chi connectivity index (χ2v) is 4.87. The van der Waals surface area contributed by atoms with Gasteiger partial charge in [-0.2, -0.15) is 4.91 Å². The van der Waals surface area contributed by atoms with Crippen molar-refractivity contribution in [2.45, 2.75) is 37.3 Å². The fourth-order valence-corrected chi connectivity index (χ4v) is 2.71. The van der Waals surface area contributed by atoms with E-state index in [0.717, 1.165) is 36.3 Å². The Labute approximate surface area is 99.9 Å². The van der Waals surface area contributed by atoms with Gasteiger partial charge < -0.3 is 9.47 Å². The van der Waals surface area contributed by atoms with Gasteiger partial charge in [0.25, 0.3) is 0 Å². The lowest BCUT2D eigenvalue weighted by molar-refractivity contribution is -0.0329. The number of fused-ring (bicyclic) bond motifs is 1. The summed E-state index contributed by atoms with van der Waals surface area (Å²) in [6.07, 6.45) is 3.94. The molecule has 3 rings (SSSR count). The van der Waals surface area contributed by atoms with Crippen molar-refractivity contribution >= 4 is 0 Å². The van der Waals surface area contributed by atoms with Crippen molar-refractivity contribution < 1.29 is 9.47 Å². The predicted octanol–water partition coefficient (Wildman–Crippen LogP) is 3.21. The van der Waals surface area contributed by atoms with E-state index < -0.39 is 0 Å². The van der Waals surface area contributed by atoms with Crippen LogP contribution in [0.1, 0.15) is 37.3 Å². The first-order valence-electron chi connectivity index (χ1n) is 5.96. The van der Waals surface area contributed by atoms with Crippen molar-refractivity contribution in [3.05, 3.63) is 28.7 Å². The topological polar surface area (TPSA) is 47.9 Å². The lowest BCUT2D eigenvalue weighted by Crippen LogP contribution is -2.46. The number of nitroso groups, excluding NO2 is 1. The molecule has 1 aliphatic heterocycles. The molecule has 0 amide bonds. The molecule has 1 unspecified atom stereocenters. The van der Waals surface area contributed by atoms with Crippen LogP contribution in [0.3, 0.4) is 0 Å². The Hall–Kier alpha value is -1.58. The van der Waals surface area contributed by atoms with Crippen LogP contribution in [0.2, 0.25) is 0 Å². The van der Waals surface area contributed by atoms with E-state index in [0.29, 0.717) is 0 Å². The Kier molecular flexibility index (Phi) is 2.31. The van der Waals surface area contributed by atoms with Gasteiger partial charge in [-0.1, -0.05) is 5.18 Å². The number of nitrogens with zero attached hydrogens (tertiary/aromatic N) is 1. The van der Waals surface area contributed by atoms with Gasteiger partial charge in [0.1, 0.15) is 23.1 Å². The minimum Gasteiger partial charge on any atom is -0.497 e. The third kappa shape index (κ3) is 1.59. The lowest BCUT2D eigenvalue weighted by atomic mass is 9.73. The number of hydrogen-bond donors (Lipinski definition) is 0. The molecule has 1 saturated carbocycles. The summed E-state index contributed by atoms with van der Waals surface area (Å²) in [5, 5.41) is 3.25. The summed E-state index contributed by atoms with van der Waals surface area (Å²) in [5.41, 5.74) is 0.746. The van der Waals surface area contributed by atoms with Gasteiger partial charge in [-0.05, 0) is 31.4 Å². The third-order valence-corrected chi connectivity index (χ3v) is 3.86. The van der Waals surface area contributed by atoms with Gasteiger partial charge in [0.05, 0.1) is 7.11 Å². The van der Waals surface area contributed by atoms with E-state index in [9.17, 15) is 4.91 Å². The van der Waals surface area contributed by atoms with E-state index in [-0.39, 0.29) is 11.6 Å². The third-order valence-electron chi connectivity index (χ3n) is 3.86. The van der Waals surface area contributed by atoms with Crippen LogP contribution in [0.5, 0.6) is 11.5 Å². The predicted molar refractivity (Wildman–Crippen MR) is 63.4 cm³/mol. The Bertz CT molecular complexity index is 454. The quantitative estimate of drug-likeness (QED) is 0.737. The summed E-state index contributed by atoms with van der Waals surface area (Å²) in [4.78, 5) is 11.0. The zero-order valence-electron chi connectivity index (χ0n) is 9.81. The number of benzene rings is 1. The number of methoxy groups -OCH3 is 1. The van der Waals surface area contributed by atoms with E-state index in [1.54, 1.807) is 7.11 Å². The second kappa shape index (κ2) is 3.72. The molecule has 1 spiro atoms. The molecule has 1 fully saturated rings. The summed E-state index contributed by atoms with van der Waals surface area (Å²) in [5.74, 6) is 1.52. The normalized spacial score (nSPS) is 24.4. The molecule has 4 heteroatoms. The highest BCUT2D eigenvalue weighted by molar-refractivity contribution is 5.45. The van der Waals surface area contributed by atoms with Crippen LogP contribution in [0.15, 0.2) is 23.4 Å². The van der Waals surface area contributed by atoms with E-state index >= 15 is 0 Å². The Morgan fingerprint density at radius 3 is 2.88 bits per heavy atom. The van der Waals surface area contributed by atoms with Crippen LogP contribution < -0.4 is 9.47 Å². The summed E-state index contributed by atoms with van der Waals surface area (Å²) in [7, 11) is 1.62. The van der Waals surface area contributed by atoms with Gasteiger partial charge in [0.2, 0.25) is 0 Å². The van der Waals surface area contributed by atoms with Crippen molar-refractivity contribution in [2.24, 2.45) is 5.18 Å². The van der Waals surface area contributed by atoms with Crippen LogP contribution in [0.4, 0.5) is 0 Å². The first kappa shape index (κ1) is 10.6. The average molecular weight is 233 g/mol. The number of rotatable bonds is 2. The SMILES string of the molecule is COc1ccc2c(c1)OC1(CCC1)CC2N=O. The Morgan fingerprint density at radius 2 is 2.29 bits per heavy atom. The molecule has 1 aliphatic carbocycles. The van der Waals surface area contributed by atoms with Gasteiger partial charge in [-0.25, -0.2) is 0 Å². The highest BCUT2D eigenvalue weighted by atomic mass is 16.5. The molecule has 90 valence electrons. The van der Waals surface area contributed by atoms with Gasteiger partial charge in [0.15, 0.2) is 0 Å². The van der Waals surface area contributed by atoms with E-state index in [2.05, 4.69) is 5.18 Å². The minimum atomic E-state index is -0.273. The van der Waals surface area contributed by atoms with Crippen molar-refractivity contribution in [1.29, 1.82) is 0 Å². The zero-order chi connectivity index (χ0) is 11.9. The molecule has 2 aliphatic rings. The Balaban J connectivity index is 2.01. The molecular formula is C13H15NO3. The minimum absolute atomic E-state index is 0.141. The molecule has 1 aromatic carbocycles. The summed E-state index contributed by atoms with van der Waals surface area (Å²) in [6.45, 7) is 0. The maximum atomic E-state index is 11.0. The van der Waals surface area contributed by atoms with Crippen molar-refractivity contribution in [3.63, 3.8) is 0 Å². The van der Waals surface area contributed by atoms with Crippen LogP contribution in [0.25, 0.3) is 0 Å². The van der Waals surface area contributed by atoms with E-state index in [4.69, 9.17) is 9.47 Å². The molecular weight excluding hydrogens is 218 g/mol. The first-order chi connectivity index (χ1) is 8.26. The summed E-state index contributed by atoms with van der Waals surface area (Å²) in [6, 6.07) is 5.31. The van der Waals surface area contributed by atoms with Crippen molar-refractivity contribution in [1.82, 2.24) is 0 Å². The van der Waals surface area contributed by atoms with Crippen LogP contribution in [-0.2, 0) is 0 Å². The molecule has 1 aromatic rings. The average Bonchev–Trinajstić information content (AvgIpc) is 2.34. The van der Waals surface area contributed by atoms with E-state index in [1.807, 2.05) is 18.2 Å². The van der Waals surface area contributed by atoms with Crippen LogP contribution in [0, 0.1) is 4.91 Å². The van der Waals surface area contributed by atoms with E-state index in [1.165, 1.54) is 6.42 Å². The molecule has 1 heterocycles. The van der Waals surface area contributed by atoms with Gasteiger partial charge >= 0.3 is 0 Å². The van der Waals surface area contributed by atoms with Gasteiger partial charge in [-0.3, -0.25) is 0 Å². The zero-order valence-corrected chi connectivity index (χ0v) is 9.81. The number of ether oxygens (including phenoxy) is 2. The van der Waals surface area contributed by atoms with Crippen LogP contribution >= 0.6 is 0 Å². The van der Waals surface area contributed by atoms with Crippen LogP contribution in [-0.4, -0.2) is 12.7 Å². The summed E-state index contributed by atoms with van der Waals surface area (Å²) < 4.78 is 11.2. The molecule has 0 aromatic heterocycles. The molecule has 0 N–H and O–H groups in total. The molecule has 0 bridgehead atoms. The molecule has 1 atom stereocenters. The molecule has 0 saturated heterocycles. The fraction of sp³-hybridized carbons (Fsp3) is 0.538. The standard InChI is InChI=1S/C13H15NO3/c1-16-9-3-4-10-11(14-15)8-13(5-2-6-13)17-12(10)7-9/h3-4,7,11H,2,5-6,8H2,1H3. The fourth-order valence-electron chi connectivity index (χ4n) is 2.71. The maximum Gasteiger partial charge on any atom is 0.129 e. The highest BCUT2D eigenvalue weighted by Crippen LogP contribution is 2.50. The Morgan fingerprint density at radius 1 is 1.47 bits per heavy atom. The number of hydrogen-bond acceptors (Lipinski definition) is 4. The van der Waals surface area contributed by atoms with Gasteiger partial charge in [0, 0.05) is 18.1 Å². The highest BCUT2D eigenvalue weighted by Gasteiger charge is 2.46. The summed E-state index contributed by atoms with van der Waals surface area (Å²) >= 11 is 0. The first-order valence-corrected chi connectivity index (χ1v) is 5.96. The smallest absolute Gasteiger partial charge is 0.129 e. The monoisotopic (exact) mass is 233 g/mol. The largest absolute Gasteiger partial charge is 0.497 e. The molecule has 0 radical (unpaired) electrons. The van der Waals surface area contributed by atoms with Crippen molar-refractivity contribution in [2.75, 3.05) is 7.11 Å². The molecule has 17 heavy (non-hydrogen) atoms. The van der Waals surface area contributed by atoms with Gasteiger partial charge in [-0.15, -0.1) is 0 Å². The molecule has 4 nitrogen and oxygen atoms in total. The maximum absolute atomic E-state index is 11.0.